The smallest absolute Gasteiger partial charge is 0.164 e. The van der Waals surface area contributed by atoms with Gasteiger partial charge in [0, 0.05) is 6.42 Å². The number of fused-ring (bicyclic) bond motifs is 1. The van der Waals surface area contributed by atoms with E-state index < -0.39 is 0 Å². The molecule has 2 heterocycles. The molecular weight excluding hydrogens is 214 g/mol. The van der Waals surface area contributed by atoms with Crippen LogP contribution in [0.2, 0.25) is 0 Å². The van der Waals surface area contributed by atoms with Crippen LogP contribution in [0.5, 0.6) is 0 Å². The van der Waals surface area contributed by atoms with E-state index in [1.54, 1.807) is 10.9 Å². The maximum absolute atomic E-state index is 8.76. The third-order valence-electron chi connectivity index (χ3n) is 2.64. The number of nitriles is 1. The first-order valence-electron chi connectivity index (χ1n) is 5.76. The molecule has 0 aliphatic heterocycles. The van der Waals surface area contributed by atoms with E-state index in [0.717, 1.165) is 29.1 Å². The lowest BCUT2D eigenvalue weighted by Crippen LogP contribution is -2.04. The molecule has 88 valence electrons. The summed E-state index contributed by atoms with van der Waals surface area (Å²) >= 11 is 0. The molecule has 0 radical (unpaired) electrons. The van der Waals surface area contributed by atoms with Crippen molar-refractivity contribution in [3.05, 3.63) is 17.8 Å². The van der Waals surface area contributed by atoms with E-state index in [-0.39, 0.29) is 6.54 Å². The third kappa shape index (κ3) is 1.98. The maximum Gasteiger partial charge on any atom is 0.164 e. The Kier molecular flexibility index (Phi) is 3.05. The van der Waals surface area contributed by atoms with E-state index in [4.69, 9.17) is 5.26 Å². The molecule has 0 aliphatic carbocycles. The molecular formula is C12H15N5. The summed E-state index contributed by atoms with van der Waals surface area (Å²) in [4.78, 5) is 13.3. The van der Waals surface area contributed by atoms with Crippen LogP contribution in [-0.2, 0) is 13.0 Å². The number of aryl methyl sites for hydroxylation is 1. The van der Waals surface area contributed by atoms with Gasteiger partial charge in [-0.3, -0.25) is 0 Å². The first-order valence-corrected chi connectivity index (χ1v) is 5.76. The fourth-order valence-corrected chi connectivity index (χ4v) is 1.77. The topological polar surface area (TPSA) is 67.4 Å². The van der Waals surface area contributed by atoms with Gasteiger partial charge in [-0.1, -0.05) is 20.8 Å². The first-order chi connectivity index (χ1) is 8.17. The second-order valence-electron chi connectivity index (χ2n) is 4.24. The van der Waals surface area contributed by atoms with Crippen molar-refractivity contribution in [3.8, 4) is 6.07 Å². The summed E-state index contributed by atoms with van der Waals surface area (Å²) < 4.78 is 1.77. The Bertz CT molecular complexity index is 576. The summed E-state index contributed by atoms with van der Waals surface area (Å²) in [6.07, 6.45) is 2.45. The molecule has 0 spiro atoms. The van der Waals surface area contributed by atoms with Gasteiger partial charge in [-0.2, -0.15) is 5.26 Å². The van der Waals surface area contributed by atoms with Crippen molar-refractivity contribution in [2.24, 2.45) is 0 Å². The lowest BCUT2D eigenvalue weighted by atomic mass is 10.1. The van der Waals surface area contributed by atoms with Crippen molar-refractivity contribution in [1.82, 2.24) is 19.5 Å². The van der Waals surface area contributed by atoms with Crippen LogP contribution in [0.25, 0.3) is 11.2 Å². The molecule has 2 rings (SSSR count). The number of imidazole rings is 1. The van der Waals surface area contributed by atoms with E-state index in [0.29, 0.717) is 5.92 Å². The predicted molar refractivity (Wildman–Crippen MR) is 64.4 cm³/mol. The van der Waals surface area contributed by atoms with Gasteiger partial charge in [0.1, 0.15) is 17.9 Å². The van der Waals surface area contributed by atoms with Crippen molar-refractivity contribution in [2.45, 2.75) is 39.7 Å². The highest BCUT2D eigenvalue weighted by Gasteiger charge is 2.14. The molecule has 17 heavy (non-hydrogen) atoms. The lowest BCUT2D eigenvalue weighted by molar-refractivity contribution is 0.791. The normalized spacial score (nSPS) is 11.0. The SMILES string of the molecule is CCc1nc(C(C)C)c2ncn(CC#N)c2n1. The van der Waals surface area contributed by atoms with Gasteiger partial charge in [0.25, 0.3) is 0 Å². The number of aromatic nitrogens is 4. The van der Waals surface area contributed by atoms with Gasteiger partial charge in [-0.25, -0.2) is 15.0 Å². The van der Waals surface area contributed by atoms with Crippen LogP contribution in [0.4, 0.5) is 0 Å². The van der Waals surface area contributed by atoms with Gasteiger partial charge in [0.15, 0.2) is 5.65 Å². The summed E-state index contributed by atoms with van der Waals surface area (Å²) in [5.74, 6) is 1.11. The Morgan fingerprint density at radius 2 is 2.18 bits per heavy atom. The van der Waals surface area contributed by atoms with Crippen molar-refractivity contribution < 1.29 is 0 Å². The highest BCUT2D eigenvalue weighted by atomic mass is 15.1. The van der Waals surface area contributed by atoms with Crippen LogP contribution in [0.3, 0.4) is 0 Å². The average Bonchev–Trinajstić information content (AvgIpc) is 2.71. The minimum Gasteiger partial charge on any atom is -0.301 e. The summed E-state index contributed by atoms with van der Waals surface area (Å²) in [7, 11) is 0. The van der Waals surface area contributed by atoms with E-state index in [1.165, 1.54) is 0 Å². The van der Waals surface area contributed by atoms with Crippen molar-refractivity contribution in [2.75, 3.05) is 0 Å². The fourth-order valence-electron chi connectivity index (χ4n) is 1.77. The first kappa shape index (κ1) is 11.5. The molecule has 0 amide bonds. The van der Waals surface area contributed by atoms with E-state index in [1.807, 2.05) is 6.92 Å². The minimum absolute atomic E-state index is 0.272. The maximum atomic E-state index is 8.76. The van der Waals surface area contributed by atoms with Gasteiger partial charge in [-0.05, 0) is 5.92 Å². The van der Waals surface area contributed by atoms with Crippen LogP contribution in [0.1, 0.15) is 38.2 Å². The van der Waals surface area contributed by atoms with Gasteiger partial charge < -0.3 is 4.57 Å². The number of rotatable bonds is 3. The highest BCUT2D eigenvalue weighted by Crippen LogP contribution is 2.21. The molecule has 5 nitrogen and oxygen atoms in total. The molecule has 0 aliphatic rings. The Labute approximate surface area is 100 Å². The summed E-state index contributed by atoms with van der Waals surface area (Å²) in [6, 6.07) is 2.11. The van der Waals surface area contributed by atoms with Crippen LogP contribution < -0.4 is 0 Å². The van der Waals surface area contributed by atoms with Crippen LogP contribution in [0, 0.1) is 11.3 Å². The Morgan fingerprint density at radius 1 is 1.41 bits per heavy atom. The zero-order valence-electron chi connectivity index (χ0n) is 10.3. The van der Waals surface area contributed by atoms with E-state index >= 15 is 0 Å². The summed E-state index contributed by atoms with van der Waals surface area (Å²) in [6.45, 7) is 6.47. The van der Waals surface area contributed by atoms with E-state index in [9.17, 15) is 0 Å². The number of nitrogens with zero attached hydrogens (tertiary/aromatic N) is 5. The monoisotopic (exact) mass is 229 g/mol. The second kappa shape index (κ2) is 4.50. The Hall–Kier alpha value is -1.96. The van der Waals surface area contributed by atoms with Crippen molar-refractivity contribution in [1.29, 1.82) is 5.26 Å². The van der Waals surface area contributed by atoms with Crippen molar-refractivity contribution in [3.63, 3.8) is 0 Å². The zero-order chi connectivity index (χ0) is 12.4. The second-order valence-corrected chi connectivity index (χ2v) is 4.24. The molecule has 2 aromatic rings. The fraction of sp³-hybridized carbons (Fsp3) is 0.500. The quantitative estimate of drug-likeness (QED) is 0.807. The molecule has 0 aromatic carbocycles. The Morgan fingerprint density at radius 3 is 2.76 bits per heavy atom. The van der Waals surface area contributed by atoms with Crippen LogP contribution in [0.15, 0.2) is 6.33 Å². The van der Waals surface area contributed by atoms with Crippen LogP contribution >= 0.6 is 0 Å². The Balaban J connectivity index is 2.70. The van der Waals surface area contributed by atoms with Crippen LogP contribution in [-0.4, -0.2) is 19.5 Å². The standard InChI is InChI=1S/C12H15N5/c1-4-9-15-10(8(2)3)11-12(16-9)17(6-5-13)7-14-11/h7-8H,4,6H2,1-3H3. The van der Waals surface area contributed by atoms with Crippen molar-refractivity contribution >= 4 is 11.2 Å². The summed E-state index contributed by atoms with van der Waals surface area (Å²) in [5.41, 5.74) is 2.54. The average molecular weight is 229 g/mol. The zero-order valence-corrected chi connectivity index (χ0v) is 10.3. The lowest BCUT2D eigenvalue weighted by Gasteiger charge is -2.07. The third-order valence-corrected chi connectivity index (χ3v) is 2.64. The molecule has 5 heteroatoms. The predicted octanol–water partition coefficient (Wildman–Crippen LogP) is 2.04. The van der Waals surface area contributed by atoms with Gasteiger partial charge >= 0.3 is 0 Å². The van der Waals surface area contributed by atoms with Gasteiger partial charge in [0.05, 0.1) is 18.1 Å². The molecule has 0 unspecified atom stereocenters. The number of hydrogen-bond acceptors (Lipinski definition) is 4. The molecule has 0 fully saturated rings. The summed E-state index contributed by atoms with van der Waals surface area (Å²) in [5, 5.41) is 8.76. The molecule has 2 aromatic heterocycles. The molecule has 0 atom stereocenters. The molecule has 0 N–H and O–H groups in total. The molecule has 0 saturated carbocycles. The minimum atomic E-state index is 0.272. The number of hydrogen-bond donors (Lipinski definition) is 0. The largest absolute Gasteiger partial charge is 0.301 e. The van der Waals surface area contributed by atoms with E-state index in [2.05, 4.69) is 34.9 Å². The highest BCUT2D eigenvalue weighted by molar-refractivity contribution is 5.74. The van der Waals surface area contributed by atoms with Gasteiger partial charge in [-0.15, -0.1) is 0 Å². The molecule has 0 saturated heterocycles. The molecule has 0 bridgehead atoms. The van der Waals surface area contributed by atoms with Gasteiger partial charge in [0.2, 0.25) is 0 Å².